The van der Waals surface area contributed by atoms with Crippen molar-refractivity contribution in [2.75, 3.05) is 0 Å². The van der Waals surface area contributed by atoms with Gasteiger partial charge in [0.2, 0.25) is 0 Å². The van der Waals surface area contributed by atoms with E-state index in [1.54, 1.807) is 18.2 Å². The maximum atomic E-state index is 11.2. The van der Waals surface area contributed by atoms with Crippen LogP contribution in [0, 0.1) is 6.92 Å². The van der Waals surface area contributed by atoms with E-state index in [9.17, 15) is 9.90 Å². The zero-order chi connectivity index (χ0) is 19.1. The molecule has 0 N–H and O–H groups in total. The number of hydrogen-bond acceptors (Lipinski definition) is 3. The first-order chi connectivity index (χ1) is 13.1. The summed E-state index contributed by atoms with van der Waals surface area (Å²) < 4.78 is 6.08. The molecule has 0 spiro atoms. The average molecular weight is 380 g/mol. The molecule has 136 valence electrons. The fourth-order valence-corrected chi connectivity index (χ4v) is 2.95. The van der Waals surface area contributed by atoms with E-state index in [1.807, 2.05) is 73.7 Å². The number of para-hydroxylation sites is 1. The van der Waals surface area contributed by atoms with Gasteiger partial charge < -0.3 is 14.6 Å². The Morgan fingerprint density at radius 1 is 0.964 bits per heavy atom. The van der Waals surface area contributed by atoms with Crippen molar-refractivity contribution < 1.29 is 44.2 Å². The predicted octanol–water partition coefficient (Wildman–Crippen LogP) is 1.20. The Labute approximate surface area is 188 Å². The third kappa shape index (κ3) is 5.83. The molecule has 0 unspecified atom stereocenters. The van der Waals surface area contributed by atoms with E-state index in [0.717, 1.165) is 22.4 Å². The standard InChI is InChI=1S/C24H22O3.Na/c1-18-9-7-14-21(23(18)27-17-19-10-3-2-4-11-19)15-8-13-20-12-5-6-16-22(20)24(25)26;/h2-14,16H,15,17H2,1H3,(H,25,26);/q;+1/p-1/b13-8-;. The predicted molar refractivity (Wildman–Crippen MR) is 105 cm³/mol. The third-order valence-corrected chi connectivity index (χ3v) is 4.34. The Kier molecular flexibility index (Phi) is 8.52. The fourth-order valence-electron chi connectivity index (χ4n) is 2.95. The van der Waals surface area contributed by atoms with Gasteiger partial charge in [0.25, 0.3) is 0 Å². The molecular weight excluding hydrogens is 359 g/mol. The first-order valence-electron chi connectivity index (χ1n) is 8.87. The Bertz CT molecular complexity index is 949. The average Bonchev–Trinajstić information content (AvgIpc) is 2.68. The molecule has 0 radical (unpaired) electrons. The van der Waals surface area contributed by atoms with Gasteiger partial charge in [-0.3, -0.25) is 0 Å². The molecule has 0 heterocycles. The molecule has 0 aliphatic rings. The zero-order valence-corrected chi connectivity index (χ0v) is 18.2. The van der Waals surface area contributed by atoms with Crippen LogP contribution in [0.4, 0.5) is 0 Å². The minimum atomic E-state index is -1.17. The number of benzene rings is 3. The Hall–Kier alpha value is -2.33. The van der Waals surface area contributed by atoms with Gasteiger partial charge in [-0.1, -0.05) is 84.9 Å². The van der Waals surface area contributed by atoms with Gasteiger partial charge in [-0.2, -0.15) is 0 Å². The number of rotatable bonds is 7. The largest absolute Gasteiger partial charge is 1.00 e. The molecule has 0 saturated carbocycles. The van der Waals surface area contributed by atoms with Crippen molar-refractivity contribution in [3.8, 4) is 5.75 Å². The van der Waals surface area contributed by atoms with Crippen LogP contribution in [0.3, 0.4) is 0 Å². The van der Waals surface area contributed by atoms with Crippen LogP contribution >= 0.6 is 0 Å². The molecule has 3 aromatic carbocycles. The van der Waals surface area contributed by atoms with Crippen molar-refractivity contribution >= 4 is 12.0 Å². The van der Waals surface area contributed by atoms with Crippen LogP contribution in [-0.4, -0.2) is 5.97 Å². The van der Waals surface area contributed by atoms with E-state index in [2.05, 4.69) is 0 Å². The van der Waals surface area contributed by atoms with Crippen molar-refractivity contribution in [3.05, 3.63) is 107 Å². The second-order valence-electron chi connectivity index (χ2n) is 6.32. The first-order valence-corrected chi connectivity index (χ1v) is 8.87. The SMILES string of the molecule is Cc1cccc(C/C=C\c2ccccc2C(=O)[O-])c1OCc1ccccc1.[Na+]. The summed E-state index contributed by atoms with van der Waals surface area (Å²) >= 11 is 0. The normalized spacial score (nSPS) is 10.5. The van der Waals surface area contributed by atoms with Crippen LogP contribution in [0.1, 0.15) is 32.6 Å². The quantitative estimate of drug-likeness (QED) is 0.579. The summed E-state index contributed by atoms with van der Waals surface area (Å²) in [6.07, 6.45) is 4.41. The number of carboxylic acids is 1. The summed E-state index contributed by atoms with van der Waals surface area (Å²) in [7, 11) is 0. The summed E-state index contributed by atoms with van der Waals surface area (Å²) in [5, 5.41) is 11.2. The van der Waals surface area contributed by atoms with E-state index >= 15 is 0 Å². The summed E-state index contributed by atoms with van der Waals surface area (Å²) in [6.45, 7) is 2.54. The molecule has 3 nitrogen and oxygen atoms in total. The van der Waals surface area contributed by atoms with Gasteiger partial charge in [-0.05, 0) is 35.6 Å². The molecule has 0 aliphatic heterocycles. The maximum Gasteiger partial charge on any atom is 1.00 e. The summed E-state index contributed by atoms with van der Waals surface area (Å²) in [5.74, 6) is -0.295. The zero-order valence-electron chi connectivity index (χ0n) is 16.2. The molecule has 0 bridgehead atoms. The summed E-state index contributed by atoms with van der Waals surface area (Å²) in [6, 6.07) is 22.9. The summed E-state index contributed by atoms with van der Waals surface area (Å²) in [5.41, 5.74) is 4.08. The monoisotopic (exact) mass is 380 g/mol. The van der Waals surface area contributed by atoms with Crippen molar-refractivity contribution in [3.63, 3.8) is 0 Å². The minimum Gasteiger partial charge on any atom is -0.545 e. The van der Waals surface area contributed by atoms with Crippen molar-refractivity contribution in [1.29, 1.82) is 0 Å². The van der Waals surface area contributed by atoms with Crippen LogP contribution in [0.25, 0.3) is 6.08 Å². The van der Waals surface area contributed by atoms with E-state index in [4.69, 9.17) is 4.74 Å². The van der Waals surface area contributed by atoms with Crippen molar-refractivity contribution in [2.45, 2.75) is 20.0 Å². The number of aryl methyl sites for hydroxylation is 1. The molecule has 28 heavy (non-hydrogen) atoms. The Balaban J connectivity index is 0.00000280. The molecule has 0 aliphatic carbocycles. The van der Waals surface area contributed by atoms with Gasteiger partial charge in [0, 0.05) is 5.56 Å². The first kappa shape index (κ1) is 22.0. The third-order valence-electron chi connectivity index (χ3n) is 4.34. The van der Waals surface area contributed by atoms with Gasteiger partial charge in [0.05, 0.1) is 5.97 Å². The molecule has 4 heteroatoms. The molecule has 0 fully saturated rings. The number of carbonyl (C=O) groups excluding carboxylic acids is 1. The van der Waals surface area contributed by atoms with Gasteiger partial charge in [0.1, 0.15) is 12.4 Å². The number of hydrogen-bond donors (Lipinski definition) is 0. The van der Waals surface area contributed by atoms with Crippen LogP contribution in [0.2, 0.25) is 0 Å². The second-order valence-corrected chi connectivity index (χ2v) is 6.32. The van der Waals surface area contributed by atoms with E-state index in [-0.39, 0.29) is 35.1 Å². The molecule has 3 rings (SSSR count). The second kappa shape index (κ2) is 10.9. The maximum absolute atomic E-state index is 11.2. The molecule has 3 aromatic rings. The molecular formula is C24H21NaO3. The van der Waals surface area contributed by atoms with E-state index < -0.39 is 5.97 Å². The van der Waals surface area contributed by atoms with Crippen LogP contribution in [0.5, 0.6) is 5.75 Å². The Morgan fingerprint density at radius 2 is 1.68 bits per heavy atom. The number of allylic oxidation sites excluding steroid dienone is 1. The Morgan fingerprint density at radius 3 is 2.43 bits per heavy atom. The van der Waals surface area contributed by atoms with Gasteiger partial charge in [-0.15, -0.1) is 0 Å². The molecule has 0 amide bonds. The van der Waals surface area contributed by atoms with Crippen LogP contribution in [0.15, 0.2) is 78.9 Å². The van der Waals surface area contributed by atoms with Gasteiger partial charge in [0.15, 0.2) is 0 Å². The molecule has 0 saturated heterocycles. The van der Waals surface area contributed by atoms with Crippen LogP contribution in [-0.2, 0) is 13.0 Å². The minimum absolute atomic E-state index is 0. The fraction of sp³-hybridized carbons (Fsp3) is 0.125. The molecule has 0 aromatic heterocycles. The number of carbonyl (C=O) groups is 1. The smallest absolute Gasteiger partial charge is 0.545 e. The topological polar surface area (TPSA) is 49.4 Å². The number of aromatic carboxylic acids is 1. The number of ether oxygens (including phenoxy) is 1. The van der Waals surface area contributed by atoms with Gasteiger partial charge >= 0.3 is 29.6 Å². The van der Waals surface area contributed by atoms with Crippen LogP contribution < -0.4 is 39.4 Å². The summed E-state index contributed by atoms with van der Waals surface area (Å²) in [4.78, 5) is 11.2. The van der Waals surface area contributed by atoms with Gasteiger partial charge in [-0.25, -0.2) is 0 Å². The van der Waals surface area contributed by atoms with E-state index in [0.29, 0.717) is 18.6 Å². The number of carboxylic acid groups (broad SMARTS) is 1. The molecule has 0 atom stereocenters. The van der Waals surface area contributed by atoms with Crippen molar-refractivity contribution in [2.24, 2.45) is 0 Å². The van der Waals surface area contributed by atoms with Crippen molar-refractivity contribution in [1.82, 2.24) is 0 Å². The van der Waals surface area contributed by atoms with E-state index in [1.165, 1.54) is 0 Å².